The molecule has 0 aliphatic heterocycles. The molecule has 0 radical (unpaired) electrons. The molecule has 80 heavy (non-hydrogen) atoms. The zero-order valence-corrected chi connectivity index (χ0v) is 54.4. The van der Waals surface area contributed by atoms with Crippen LogP contribution >= 0.6 is 0 Å². The molecule has 472 valence electrons. The van der Waals surface area contributed by atoms with Crippen LogP contribution in [0.5, 0.6) is 0 Å². The van der Waals surface area contributed by atoms with Gasteiger partial charge in [-0.3, -0.25) is 14.4 Å². The number of carbonyl (C=O) groups is 3. The molecule has 0 fully saturated rings. The van der Waals surface area contributed by atoms with Crippen molar-refractivity contribution in [3.8, 4) is 0 Å². The first-order chi connectivity index (χ1) is 39.5. The lowest BCUT2D eigenvalue weighted by Crippen LogP contribution is -2.30. The lowest BCUT2D eigenvalue weighted by atomic mass is 10.0. The molecule has 0 heterocycles. The highest BCUT2D eigenvalue weighted by molar-refractivity contribution is 5.71. The highest BCUT2D eigenvalue weighted by Gasteiger charge is 2.19. The minimum Gasteiger partial charge on any atom is -0.462 e. The fourth-order valence-electron chi connectivity index (χ4n) is 11.2. The molecule has 0 rings (SSSR count). The molecule has 0 N–H and O–H groups in total. The summed E-state index contributed by atoms with van der Waals surface area (Å²) in [6, 6.07) is 0. The largest absolute Gasteiger partial charge is 0.462 e. The van der Waals surface area contributed by atoms with Crippen LogP contribution in [0, 0.1) is 0 Å². The Labute approximate surface area is 500 Å². The molecule has 0 aliphatic rings. The Hall–Kier alpha value is -2.11. The zero-order valence-electron chi connectivity index (χ0n) is 54.4. The Balaban J connectivity index is 4.23. The first kappa shape index (κ1) is 77.9. The van der Waals surface area contributed by atoms with Crippen molar-refractivity contribution in [2.24, 2.45) is 0 Å². The summed E-state index contributed by atoms with van der Waals surface area (Å²) < 4.78 is 17.0. The van der Waals surface area contributed by atoms with Gasteiger partial charge in [-0.15, -0.1) is 0 Å². The van der Waals surface area contributed by atoms with Crippen molar-refractivity contribution in [1.29, 1.82) is 0 Å². The van der Waals surface area contributed by atoms with Crippen molar-refractivity contribution in [2.75, 3.05) is 13.2 Å². The van der Waals surface area contributed by atoms with E-state index < -0.39 is 6.10 Å². The second kappa shape index (κ2) is 69.4. The van der Waals surface area contributed by atoms with Gasteiger partial charge in [-0.05, 0) is 70.6 Å². The van der Waals surface area contributed by atoms with Gasteiger partial charge >= 0.3 is 17.9 Å². The Morgan fingerprint density at radius 1 is 0.237 bits per heavy atom. The van der Waals surface area contributed by atoms with Crippen LogP contribution in [0.4, 0.5) is 0 Å². The number of hydrogen-bond acceptors (Lipinski definition) is 6. The van der Waals surface area contributed by atoms with Crippen LogP contribution in [0.15, 0.2) is 24.3 Å². The minimum absolute atomic E-state index is 0.0684. The first-order valence-electron chi connectivity index (χ1n) is 36.3. The number of hydrogen-bond donors (Lipinski definition) is 0. The lowest BCUT2D eigenvalue weighted by molar-refractivity contribution is -0.167. The summed E-state index contributed by atoms with van der Waals surface area (Å²) in [6.45, 7) is 6.71. The molecule has 6 heteroatoms. The van der Waals surface area contributed by atoms with Crippen LogP contribution in [-0.4, -0.2) is 37.2 Å². The standard InChI is InChI=1S/C74H140O6/c1-4-7-10-13-16-19-22-25-28-30-32-34-36-37-39-40-42-44-46-49-52-55-58-61-64-67-73(76)79-70-71(69-78-72(75)66-63-60-57-54-51-48-27-24-21-18-15-12-9-6-3)80-74(77)68-65-62-59-56-53-50-47-45-43-41-38-35-33-31-29-26-23-20-17-14-11-8-5-2/h24,27,31,33,71H,4-23,25-26,28-30,32,34-70H2,1-3H3/b27-24-,33-31-. The summed E-state index contributed by atoms with van der Waals surface area (Å²) in [5.74, 6) is -0.846. The smallest absolute Gasteiger partial charge is 0.306 e. The summed E-state index contributed by atoms with van der Waals surface area (Å²) in [5.41, 5.74) is 0. The van der Waals surface area contributed by atoms with Gasteiger partial charge in [-0.1, -0.05) is 347 Å². The summed E-state index contributed by atoms with van der Waals surface area (Å²) >= 11 is 0. The SMILES string of the molecule is CCCCCCC/C=C\CCCCCCCC(=O)OCC(COC(=O)CCCCCCCCCCCCCCCCCCCCCCCCCCC)OC(=O)CCCCCCCCCCCCC/C=C\CCCCCCCCCC. The number of esters is 3. The molecule has 0 aromatic carbocycles. The summed E-state index contributed by atoms with van der Waals surface area (Å²) in [4.78, 5) is 38.5. The van der Waals surface area contributed by atoms with Crippen LogP contribution in [0.25, 0.3) is 0 Å². The Morgan fingerprint density at radius 3 is 0.625 bits per heavy atom. The first-order valence-corrected chi connectivity index (χ1v) is 36.3. The third-order valence-corrected chi connectivity index (χ3v) is 16.7. The van der Waals surface area contributed by atoms with E-state index >= 15 is 0 Å². The second-order valence-electron chi connectivity index (χ2n) is 24.9. The third-order valence-electron chi connectivity index (χ3n) is 16.7. The average Bonchev–Trinajstić information content (AvgIpc) is 3.46. The third kappa shape index (κ3) is 66.7. The van der Waals surface area contributed by atoms with Crippen LogP contribution in [-0.2, 0) is 28.6 Å². The van der Waals surface area contributed by atoms with E-state index in [0.717, 1.165) is 64.2 Å². The summed E-state index contributed by atoms with van der Waals surface area (Å²) in [7, 11) is 0. The zero-order chi connectivity index (χ0) is 57.8. The lowest BCUT2D eigenvalue weighted by Gasteiger charge is -2.18. The maximum Gasteiger partial charge on any atom is 0.306 e. The average molecular weight is 1130 g/mol. The van der Waals surface area contributed by atoms with E-state index in [1.165, 1.54) is 308 Å². The van der Waals surface area contributed by atoms with Gasteiger partial charge in [0.25, 0.3) is 0 Å². The fraction of sp³-hybridized carbons (Fsp3) is 0.905. The molecule has 0 aromatic rings. The molecule has 0 aliphatic carbocycles. The normalized spacial score (nSPS) is 12.1. The second-order valence-corrected chi connectivity index (χ2v) is 24.9. The Morgan fingerprint density at radius 2 is 0.412 bits per heavy atom. The molecule has 1 unspecified atom stereocenters. The maximum atomic E-state index is 13.0. The Kier molecular flexibility index (Phi) is 67.6. The fourth-order valence-corrected chi connectivity index (χ4v) is 11.2. The topological polar surface area (TPSA) is 78.9 Å². The quantitative estimate of drug-likeness (QED) is 0.0261. The molecule has 1 atom stereocenters. The number of unbranched alkanes of at least 4 members (excludes halogenated alkanes) is 53. The van der Waals surface area contributed by atoms with Gasteiger partial charge in [0, 0.05) is 19.3 Å². The van der Waals surface area contributed by atoms with Crippen LogP contribution in [0.2, 0.25) is 0 Å². The van der Waals surface area contributed by atoms with E-state index in [-0.39, 0.29) is 31.1 Å². The van der Waals surface area contributed by atoms with Gasteiger partial charge in [-0.25, -0.2) is 0 Å². The monoisotopic (exact) mass is 1130 g/mol. The van der Waals surface area contributed by atoms with Gasteiger partial charge in [0.15, 0.2) is 6.10 Å². The van der Waals surface area contributed by atoms with E-state index in [0.29, 0.717) is 19.3 Å². The molecule has 0 saturated carbocycles. The van der Waals surface area contributed by atoms with Crippen molar-refractivity contribution < 1.29 is 28.6 Å². The maximum absolute atomic E-state index is 13.0. The van der Waals surface area contributed by atoms with Crippen molar-refractivity contribution >= 4 is 17.9 Å². The molecule has 0 amide bonds. The van der Waals surface area contributed by atoms with E-state index in [1.807, 2.05) is 0 Å². The van der Waals surface area contributed by atoms with E-state index in [4.69, 9.17) is 14.2 Å². The number of allylic oxidation sites excluding steroid dienone is 4. The van der Waals surface area contributed by atoms with Gasteiger partial charge in [0.1, 0.15) is 13.2 Å². The highest BCUT2D eigenvalue weighted by atomic mass is 16.6. The molecule has 6 nitrogen and oxygen atoms in total. The minimum atomic E-state index is -0.773. The summed E-state index contributed by atoms with van der Waals surface area (Å²) in [6.07, 6.45) is 85.0. The van der Waals surface area contributed by atoms with Crippen LogP contribution in [0.1, 0.15) is 412 Å². The van der Waals surface area contributed by atoms with Crippen molar-refractivity contribution in [3.63, 3.8) is 0 Å². The Bertz CT molecular complexity index is 1290. The molecular formula is C74H140O6. The highest BCUT2D eigenvalue weighted by Crippen LogP contribution is 2.19. The van der Waals surface area contributed by atoms with Crippen molar-refractivity contribution in [2.45, 2.75) is 419 Å². The molecule has 0 saturated heterocycles. The van der Waals surface area contributed by atoms with Gasteiger partial charge in [-0.2, -0.15) is 0 Å². The molecule has 0 spiro atoms. The van der Waals surface area contributed by atoms with Crippen molar-refractivity contribution in [3.05, 3.63) is 24.3 Å². The predicted molar refractivity (Wildman–Crippen MR) is 349 cm³/mol. The molecule has 0 aromatic heterocycles. The van der Waals surface area contributed by atoms with Gasteiger partial charge in [0.2, 0.25) is 0 Å². The molecular weight excluding hydrogens is 985 g/mol. The van der Waals surface area contributed by atoms with E-state index in [2.05, 4.69) is 45.1 Å². The number of ether oxygens (including phenoxy) is 3. The van der Waals surface area contributed by atoms with Crippen LogP contribution in [0.3, 0.4) is 0 Å². The molecule has 0 bridgehead atoms. The van der Waals surface area contributed by atoms with Gasteiger partial charge < -0.3 is 14.2 Å². The van der Waals surface area contributed by atoms with Crippen LogP contribution < -0.4 is 0 Å². The van der Waals surface area contributed by atoms with E-state index in [9.17, 15) is 14.4 Å². The number of carbonyl (C=O) groups excluding carboxylic acids is 3. The van der Waals surface area contributed by atoms with E-state index in [1.54, 1.807) is 0 Å². The van der Waals surface area contributed by atoms with Gasteiger partial charge in [0.05, 0.1) is 0 Å². The summed E-state index contributed by atoms with van der Waals surface area (Å²) in [5, 5.41) is 0. The van der Waals surface area contributed by atoms with Crippen molar-refractivity contribution in [1.82, 2.24) is 0 Å². The number of rotatable bonds is 68. The predicted octanol–water partition coefficient (Wildman–Crippen LogP) is 25.0.